The third kappa shape index (κ3) is 6.36. The molecule has 2 aromatic heterocycles. The molecular formula is C33H39N3O8. The Hall–Kier alpha value is -4.54. The highest BCUT2D eigenvalue weighted by molar-refractivity contribution is 5.88. The fourth-order valence-corrected chi connectivity index (χ4v) is 6.56. The van der Waals surface area contributed by atoms with E-state index in [1.54, 1.807) is 30.0 Å². The van der Waals surface area contributed by atoms with Gasteiger partial charge in [0.1, 0.15) is 11.8 Å². The molecule has 4 heterocycles. The number of fused-ring (bicyclic) bond motifs is 4. The summed E-state index contributed by atoms with van der Waals surface area (Å²) in [5.74, 6) is -1.72. The lowest BCUT2D eigenvalue weighted by Gasteiger charge is -2.43. The highest BCUT2D eigenvalue weighted by Crippen LogP contribution is 2.38. The number of phenols is 1. The van der Waals surface area contributed by atoms with Crippen molar-refractivity contribution in [1.82, 2.24) is 14.8 Å². The molecule has 3 aromatic rings. The number of hydrogen-bond donors (Lipinski definition) is 3. The molecule has 2 aliphatic rings. The number of nitrogens with one attached hydrogen (secondary N) is 1. The van der Waals surface area contributed by atoms with Crippen molar-refractivity contribution in [3.05, 3.63) is 85.8 Å². The van der Waals surface area contributed by atoms with E-state index < -0.39 is 29.0 Å². The van der Waals surface area contributed by atoms with Crippen LogP contribution in [-0.2, 0) is 16.1 Å². The summed E-state index contributed by atoms with van der Waals surface area (Å²) in [4.78, 5) is 54.3. The lowest BCUT2D eigenvalue weighted by atomic mass is 9.82. The Bertz CT molecular complexity index is 1680. The number of aromatic nitrogens is 1. The predicted molar refractivity (Wildman–Crippen MR) is 162 cm³/mol. The first-order valence-corrected chi connectivity index (χ1v) is 14.9. The molecule has 0 saturated carbocycles. The maximum Gasteiger partial charge on any atom is 0.250 e. The van der Waals surface area contributed by atoms with E-state index in [9.17, 15) is 29.4 Å². The standard InChI is InChI=1S/C33H39N3O8/c1-18(2)10-24(33(42)35-15-20-12-22(17-35)25-6-5-7-30(40)36(25)16-20)34-29(39)14-23(21-8-9-26(37)28(13-21)43-4)32-31(41)27(38)11-19(3)44-32/h5-9,11,13,18,20,22-24,37,41H,10,12,14-17H2,1-4H3,(H,34,39)/t20?,22?,23?,24-/m0/s1. The number of benzene rings is 1. The number of rotatable bonds is 9. The normalized spacial score (nSPS) is 18.8. The topological polar surface area (TPSA) is 151 Å². The van der Waals surface area contributed by atoms with Gasteiger partial charge in [-0.15, -0.1) is 0 Å². The number of aryl methyl sites for hydroxylation is 1. The fraction of sp³-hybridized carbons (Fsp3) is 0.455. The van der Waals surface area contributed by atoms with Crippen molar-refractivity contribution in [3.8, 4) is 17.2 Å². The van der Waals surface area contributed by atoms with E-state index in [1.165, 1.54) is 19.2 Å². The summed E-state index contributed by atoms with van der Waals surface area (Å²) in [6.45, 7) is 7.04. The fourth-order valence-electron chi connectivity index (χ4n) is 6.56. The van der Waals surface area contributed by atoms with Gasteiger partial charge in [0.05, 0.1) is 13.0 Å². The Morgan fingerprint density at radius 3 is 2.59 bits per heavy atom. The Balaban J connectivity index is 1.40. The zero-order valence-corrected chi connectivity index (χ0v) is 25.4. The van der Waals surface area contributed by atoms with Crippen LogP contribution in [0.1, 0.15) is 67.7 Å². The molecule has 3 N–H and O–H groups in total. The predicted octanol–water partition coefficient (Wildman–Crippen LogP) is 3.23. The zero-order valence-electron chi connectivity index (χ0n) is 25.4. The first-order chi connectivity index (χ1) is 20.9. The SMILES string of the molecule is COc1cc(C(CC(=O)N[C@@H](CC(C)C)C(=O)N2CC3CC(C2)c2cccc(=O)n2C3)c2oc(C)cc(=O)c2O)ccc1O. The van der Waals surface area contributed by atoms with Crippen molar-refractivity contribution in [1.29, 1.82) is 0 Å². The molecule has 3 unspecified atom stereocenters. The summed E-state index contributed by atoms with van der Waals surface area (Å²) in [6.07, 6.45) is 1.06. The molecule has 2 aliphatic heterocycles. The number of pyridine rings is 1. The van der Waals surface area contributed by atoms with Gasteiger partial charge in [-0.05, 0) is 55.4 Å². The maximum atomic E-state index is 14.0. The van der Waals surface area contributed by atoms with E-state index in [1.807, 2.05) is 24.5 Å². The molecule has 2 bridgehead atoms. The van der Waals surface area contributed by atoms with Crippen molar-refractivity contribution in [3.63, 3.8) is 0 Å². The van der Waals surface area contributed by atoms with E-state index >= 15 is 0 Å². The van der Waals surface area contributed by atoms with Gasteiger partial charge < -0.3 is 34.2 Å². The van der Waals surface area contributed by atoms with Gasteiger partial charge in [-0.2, -0.15) is 0 Å². The molecule has 44 heavy (non-hydrogen) atoms. The minimum absolute atomic E-state index is 0.0294. The summed E-state index contributed by atoms with van der Waals surface area (Å²) < 4.78 is 12.8. The monoisotopic (exact) mass is 605 g/mol. The Morgan fingerprint density at radius 1 is 1.09 bits per heavy atom. The third-order valence-corrected chi connectivity index (χ3v) is 8.52. The van der Waals surface area contributed by atoms with Crippen LogP contribution in [0.3, 0.4) is 0 Å². The van der Waals surface area contributed by atoms with Crippen LogP contribution in [0.5, 0.6) is 17.2 Å². The summed E-state index contributed by atoms with van der Waals surface area (Å²) in [5.41, 5.74) is 0.719. The molecule has 4 atom stereocenters. The molecule has 1 fully saturated rings. The Morgan fingerprint density at radius 2 is 1.86 bits per heavy atom. The van der Waals surface area contributed by atoms with Gasteiger partial charge in [-0.3, -0.25) is 19.2 Å². The van der Waals surface area contributed by atoms with Gasteiger partial charge in [0.2, 0.25) is 23.0 Å². The van der Waals surface area contributed by atoms with E-state index in [4.69, 9.17) is 9.15 Å². The average Bonchev–Trinajstić information content (AvgIpc) is 2.97. The van der Waals surface area contributed by atoms with Gasteiger partial charge in [0.25, 0.3) is 5.56 Å². The molecule has 0 radical (unpaired) electrons. The van der Waals surface area contributed by atoms with Crippen LogP contribution in [0.25, 0.3) is 0 Å². The van der Waals surface area contributed by atoms with Gasteiger partial charge in [-0.25, -0.2) is 0 Å². The second-order valence-corrected chi connectivity index (χ2v) is 12.3. The van der Waals surface area contributed by atoms with Crippen LogP contribution in [0, 0.1) is 18.8 Å². The van der Waals surface area contributed by atoms with Gasteiger partial charge in [-0.1, -0.05) is 26.0 Å². The first kappa shape index (κ1) is 30.9. The second-order valence-electron chi connectivity index (χ2n) is 12.3. The van der Waals surface area contributed by atoms with E-state index in [2.05, 4.69) is 5.32 Å². The van der Waals surface area contributed by atoms with Crippen molar-refractivity contribution in [2.75, 3.05) is 20.2 Å². The quantitative estimate of drug-likeness (QED) is 0.336. The summed E-state index contributed by atoms with van der Waals surface area (Å²) >= 11 is 0. The number of likely N-dealkylation sites (tertiary alicyclic amines) is 1. The molecule has 1 saturated heterocycles. The molecule has 1 aromatic carbocycles. The third-order valence-electron chi connectivity index (χ3n) is 8.52. The lowest BCUT2D eigenvalue weighted by molar-refractivity contribution is -0.139. The molecular weight excluding hydrogens is 566 g/mol. The number of carbonyl (C=O) groups is 2. The number of aromatic hydroxyl groups is 2. The van der Waals surface area contributed by atoms with Crippen LogP contribution in [-0.4, -0.2) is 57.7 Å². The largest absolute Gasteiger partial charge is 0.504 e. The van der Waals surface area contributed by atoms with E-state index in [-0.39, 0.29) is 58.7 Å². The number of methoxy groups -OCH3 is 1. The van der Waals surface area contributed by atoms with Gasteiger partial charge in [0.15, 0.2) is 17.3 Å². The highest BCUT2D eigenvalue weighted by atomic mass is 16.5. The van der Waals surface area contributed by atoms with Crippen molar-refractivity contribution >= 4 is 11.8 Å². The lowest BCUT2D eigenvalue weighted by Crippen LogP contribution is -2.55. The average molecular weight is 606 g/mol. The highest BCUT2D eigenvalue weighted by Gasteiger charge is 2.39. The van der Waals surface area contributed by atoms with Crippen LogP contribution in [0.4, 0.5) is 0 Å². The molecule has 5 rings (SSSR count). The van der Waals surface area contributed by atoms with Gasteiger partial charge >= 0.3 is 0 Å². The van der Waals surface area contributed by atoms with Gasteiger partial charge in [0, 0.05) is 49.8 Å². The zero-order chi connectivity index (χ0) is 31.7. The number of amides is 2. The summed E-state index contributed by atoms with van der Waals surface area (Å²) in [5, 5.41) is 23.7. The molecule has 11 heteroatoms. The first-order valence-electron chi connectivity index (χ1n) is 14.9. The van der Waals surface area contributed by atoms with E-state index in [0.29, 0.717) is 31.6 Å². The number of phenolic OH excluding ortho intramolecular Hbond substituents is 1. The number of nitrogens with zero attached hydrogens (tertiary/aromatic N) is 2. The maximum absolute atomic E-state index is 14.0. The van der Waals surface area contributed by atoms with Crippen molar-refractivity contribution in [2.45, 2.75) is 64.5 Å². The number of carbonyl (C=O) groups excluding carboxylic acids is 2. The van der Waals surface area contributed by atoms with Crippen LogP contribution in [0.2, 0.25) is 0 Å². The molecule has 0 aliphatic carbocycles. The summed E-state index contributed by atoms with van der Waals surface area (Å²) in [7, 11) is 1.39. The van der Waals surface area contributed by atoms with Crippen molar-refractivity contribution < 1.29 is 29.0 Å². The molecule has 11 nitrogen and oxygen atoms in total. The van der Waals surface area contributed by atoms with Crippen LogP contribution in [0.15, 0.2) is 56.5 Å². The van der Waals surface area contributed by atoms with Crippen LogP contribution >= 0.6 is 0 Å². The number of ether oxygens (including phenoxy) is 1. The summed E-state index contributed by atoms with van der Waals surface area (Å²) in [6, 6.07) is 10.1. The Labute approximate surface area is 255 Å². The van der Waals surface area contributed by atoms with Crippen LogP contribution < -0.4 is 21.0 Å². The second kappa shape index (κ2) is 12.6. The Kier molecular flexibility index (Phi) is 8.85. The molecule has 2 amide bonds. The number of hydrogen-bond acceptors (Lipinski definition) is 8. The van der Waals surface area contributed by atoms with Crippen molar-refractivity contribution in [2.24, 2.45) is 11.8 Å². The minimum Gasteiger partial charge on any atom is -0.504 e. The van der Waals surface area contributed by atoms with E-state index in [0.717, 1.165) is 18.2 Å². The smallest absolute Gasteiger partial charge is 0.250 e. The minimum atomic E-state index is -0.920. The molecule has 0 spiro atoms. The molecule has 234 valence electrons. The number of piperidine rings is 1.